The summed E-state index contributed by atoms with van der Waals surface area (Å²) >= 11 is 0. The number of halogens is 2. The van der Waals surface area contributed by atoms with Gasteiger partial charge in [0, 0.05) is 5.56 Å². The van der Waals surface area contributed by atoms with Gasteiger partial charge in [0.1, 0.15) is 11.6 Å². The molecule has 0 unspecified atom stereocenters. The van der Waals surface area contributed by atoms with Gasteiger partial charge in [0.25, 0.3) is 0 Å². The van der Waals surface area contributed by atoms with Crippen LogP contribution in [0.15, 0.2) is 12.1 Å². The van der Waals surface area contributed by atoms with Crippen molar-refractivity contribution in [3.63, 3.8) is 0 Å². The van der Waals surface area contributed by atoms with E-state index in [1.165, 1.54) is 12.1 Å². The summed E-state index contributed by atoms with van der Waals surface area (Å²) in [6, 6.07) is 2.70. The summed E-state index contributed by atoms with van der Waals surface area (Å²) in [6.07, 6.45) is 0.401. The van der Waals surface area contributed by atoms with Crippen LogP contribution in [0, 0.1) is 18.6 Å². The van der Waals surface area contributed by atoms with Crippen molar-refractivity contribution in [1.82, 2.24) is 0 Å². The maximum Gasteiger partial charge on any atom is 0.129 e. The van der Waals surface area contributed by atoms with Crippen molar-refractivity contribution in [1.29, 1.82) is 0 Å². The van der Waals surface area contributed by atoms with Crippen molar-refractivity contribution in [2.45, 2.75) is 34.1 Å². The maximum atomic E-state index is 12.9. The van der Waals surface area contributed by atoms with Gasteiger partial charge in [-0.15, -0.1) is 0 Å². The van der Waals surface area contributed by atoms with E-state index in [1.807, 2.05) is 13.8 Å². The quantitative estimate of drug-likeness (QED) is 0.624. The number of aryl methyl sites for hydroxylation is 1. The SMILES string of the molecule is CC.CCc1c(F)cc(C)cc1F. The number of benzene rings is 1. The molecule has 1 aromatic carbocycles. The molecule has 13 heavy (non-hydrogen) atoms. The van der Waals surface area contributed by atoms with E-state index in [9.17, 15) is 8.78 Å². The summed E-state index contributed by atoms with van der Waals surface area (Å²) < 4.78 is 25.7. The first-order chi connectivity index (χ1) is 6.15. The minimum Gasteiger partial charge on any atom is -0.207 e. The molecule has 0 aliphatic rings. The van der Waals surface area contributed by atoms with Gasteiger partial charge in [-0.1, -0.05) is 20.8 Å². The molecule has 0 atom stereocenters. The molecule has 0 radical (unpaired) electrons. The van der Waals surface area contributed by atoms with Crippen LogP contribution in [0.4, 0.5) is 8.78 Å². The number of rotatable bonds is 1. The zero-order valence-corrected chi connectivity index (χ0v) is 8.62. The summed E-state index contributed by atoms with van der Waals surface area (Å²) in [5, 5.41) is 0. The molecule has 74 valence electrons. The van der Waals surface area contributed by atoms with Crippen molar-refractivity contribution in [3.05, 3.63) is 34.9 Å². The molecule has 1 rings (SSSR count). The maximum absolute atomic E-state index is 12.9. The van der Waals surface area contributed by atoms with Gasteiger partial charge >= 0.3 is 0 Å². The monoisotopic (exact) mass is 186 g/mol. The van der Waals surface area contributed by atoms with Crippen LogP contribution in [0.5, 0.6) is 0 Å². The van der Waals surface area contributed by atoms with Gasteiger partial charge in [0.15, 0.2) is 0 Å². The van der Waals surface area contributed by atoms with Gasteiger partial charge in [0.2, 0.25) is 0 Å². The Morgan fingerprint density at radius 2 is 1.46 bits per heavy atom. The fraction of sp³-hybridized carbons (Fsp3) is 0.455. The lowest BCUT2D eigenvalue weighted by atomic mass is 10.1. The molecule has 0 aromatic heterocycles. The van der Waals surface area contributed by atoms with E-state index >= 15 is 0 Å². The Kier molecular flexibility index (Phi) is 5.28. The highest BCUT2D eigenvalue weighted by molar-refractivity contribution is 5.25. The van der Waals surface area contributed by atoms with Gasteiger partial charge in [-0.25, -0.2) is 8.78 Å². The average molecular weight is 186 g/mol. The first-order valence-corrected chi connectivity index (χ1v) is 4.59. The van der Waals surface area contributed by atoms with Gasteiger partial charge in [0.05, 0.1) is 0 Å². The average Bonchev–Trinajstić information content (AvgIpc) is 2.07. The van der Waals surface area contributed by atoms with Crippen LogP contribution in [-0.2, 0) is 6.42 Å². The Balaban J connectivity index is 0.000000671. The second-order valence-corrected chi connectivity index (χ2v) is 2.56. The molecule has 2 heteroatoms. The summed E-state index contributed by atoms with van der Waals surface area (Å²) in [6.45, 7) is 7.41. The smallest absolute Gasteiger partial charge is 0.129 e. The van der Waals surface area contributed by atoms with Crippen molar-refractivity contribution in [3.8, 4) is 0 Å². The van der Waals surface area contributed by atoms with Crippen molar-refractivity contribution in [2.24, 2.45) is 0 Å². The van der Waals surface area contributed by atoms with Crippen LogP contribution in [0.1, 0.15) is 31.9 Å². The number of hydrogen-bond acceptors (Lipinski definition) is 0. The van der Waals surface area contributed by atoms with Crippen LogP contribution < -0.4 is 0 Å². The molecule has 0 heterocycles. The van der Waals surface area contributed by atoms with E-state index in [0.717, 1.165) is 0 Å². The molecule has 1 aromatic rings. The topological polar surface area (TPSA) is 0 Å². The molecule has 0 nitrogen and oxygen atoms in total. The largest absolute Gasteiger partial charge is 0.207 e. The van der Waals surface area contributed by atoms with Crippen LogP contribution in [0.2, 0.25) is 0 Å². The van der Waals surface area contributed by atoms with Gasteiger partial charge in [-0.3, -0.25) is 0 Å². The molecule has 0 aliphatic carbocycles. The van der Waals surface area contributed by atoms with E-state index in [4.69, 9.17) is 0 Å². The van der Waals surface area contributed by atoms with Crippen molar-refractivity contribution < 1.29 is 8.78 Å². The number of hydrogen-bond donors (Lipinski definition) is 0. The van der Waals surface area contributed by atoms with E-state index in [1.54, 1.807) is 13.8 Å². The highest BCUT2D eigenvalue weighted by Crippen LogP contribution is 2.14. The normalized spacial score (nSPS) is 9.08. The predicted octanol–water partition coefficient (Wildman–Crippen LogP) is 3.86. The lowest BCUT2D eigenvalue weighted by molar-refractivity contribution is 0.557. The molecular weight excluding hydrogens is 170 g/mol. The van der Waals surface area contributed by atoms with E-state index in [-0.39, 0.29) is 5.56 Å². The van der Waals surface area contributed by atoms with Crippen molar-refractivity contribution >= 4 is 0 Å². The Labute approximate surface area is 78.6 Å². The summed E-state index contributed by atoms with van der Waals surface area (Å²) in [7, 11) is 0. The van der Waals surface area contributed by atoms with Crippen LogP contribution in [0.3, 0.4) is 0 Å². The zero-order valence-electron chi connectivity index (χ0n) is 8.62. The Morgan fingerprint density at radius 1 is 1.08 bits per heavy atom. The molecule has 0 spiro atoms. The van der Waals surface area contributed by atoms with E-state index in [2.05, 4.69) is 0 Å². The molecule has 0 aliphatic heterocycles. The van der Waals surface area contributed by atoms with Crippen LogP contribution in [0.25, 0.3) is 0 Å². The van der Waals surface area contributed by atoms with Gasteiger partial charge < -0.3 is 0 Å². The van der Waals surface area contributed by atoms with E-state index in [0.29, 0.717) is 12.0 Å². The molecule has 0 fully saturated rings. The fourth-order valence-electron chi connectivity index (χ4n) is 1.07. The minimum absolute atomic E-state index is 0.176. The zero-order chi connectivity index (χ0) is 10.4. The highest BCUT2D eigenvalue weighted by Gasteiger charge is 2.06. The third-order valence-corrected chi connectivity index (χ3v) is 1.64. The standard InChI is InChI=1S/C9H10F2.C2H6/c1-3-7-8(10)4-6(2)5-9(7)11;1-2/h4-5H,3H2,1-2H3;1-2H3. The van der Waals surface area contributed by atoms with Crippen molar-refractivity contribution in [2.75, 3.05) is 0 Å². The fourth-order valence-corrected chi connectivity index (χ4v) is 1.07. The summed E-state index contributed by atoms with van der Waals surface area (Å²) in [5.74, 6) is -0.880. The molecule has 0 bridgehead atoms. The highest BCUT2D eigenvalue weighted by atomic mass is 19.1. The van der Waals surface area contributed by atoms with E-state index < -0.39 is 11.6 Å². The van der Waals surface area contributed by atoms with Gasteiger partial charge in [-0.05, 0) is 31.0 Å². The Morgan fingerprint density at radius 3 is 1.77 bits per heavy atom. The summed E-state index contributed by atoms with van der Waals surface area (Å²) in [5.41, 5.74) is 0.799. The first kappa shape index (κ1) is 12.1. The first-order valence-electron chi connectivity index (χ1n) is 4.59. The van der Waals surface area contributed by atoms with Gasteiger partial charge in [-0.2, -0.15) is 0 Å². The lowest BCUT2D eigenvalue weighted by Gasteiger charge is -2.01. The molecule has 0 saturated carbocycles. The molecule has 0 N–H and O–H groups in total. The second-order valence-electron chi connectivity index (χ2n) is 2.56. The van der Waals surface area contributed by atoms with Crippen LogP contribution in [-0.4, -0.2) is 0 Å². The third kappa shape index (κ3) is 3.13. The van der Waals surface area contributed by atoms with Crippen LogP contribution >= 0.6 is 0 Å². The molecule has 0 saturated heterocycles. The minimum atomic E-state index is -0.440. The predicted molar refractivity (Wildman–Crippen MR) is 51.8 cm³/mol. The molecular formula is C11H16F2. The summed E-state index contributed by atoms with van der Waals surface area (Å²) in [4.78, 5) is 0. The second kappa shape index (κ2) is 5.68. The third-order valence-electron chi connectivity index (χ3n) is 1.64. The molecule has 0 amide bonds. The Hall–Kier alpha value is -0.920. The Bertz CT molecular complexity index is 244. The lowest BCUT2D eigenvalue weighted by Crippen LogP contribution is -1.94.